The standard InChI is InChI=1S/C38H61N11O10/c1-19(2)15-27(35(57)44-21(5)32(40)54)48-34(56)26(12-13-30(52)53)46-37(59)31(20(3)4)49-18-23(17-29(49)51)45-36(58)28(16-22-8-10-24(50)11-9-22)47-33(55)25(39)7-6-14-43-38(41)42/h8-11,19-21,23,25-28,31,50H,6-7,12-18,39H2,1-5H3,(H2,40,54)(H,44,57)(H,45,58)(H,46,59)(H,47,55)(H,48,56)(H,52,53)(H4,41,42,43)/t21-,23-,25-,26-,27-,28-,31-/m1/s1. The highest BCUT2D eigenvalue weighted by atomic mass is 16.4. The number of likely N-dealkylation sites (tertiary alicyclic amines) is 1. The number of carboxylic acids is 1. The molecule has 1 aliphatic heterocycles. The number of carboxylic acid groups (broad SMARTS) is 1. The van der Waals surface area contributed by atoms with Gasteiger partial charge in [0.1, 0.15) is 36.0 Å². The molecule has 0 unspecified atom stereocenters. The molecule has 7 atom stereocenters. The first-order valence-corrected chi connectivity index (χ1v) is 19.5. The van der Waals surface area contributed by atoms with Crippen molar-refractivity contribution in [3.8, 4) is 5.75 Å². The minimum absolute atomic E-state index is 0.00169. The summed E-state index contributed by atoms with van der Waals surface area (Å²) < 4.78 is 0. The molecule has 0 spiro atoms. The van der Waals surface area contributed by atoms with Crippen LogP contribution in [0.1, 0.15) is 78.7 Å². The van der Waals surface area contributed by atoms with Gasteiger partial charge in [-0.05, 0) is 62.1 Å². The van der Waals surface area contributed by atoms with Crippen molar-refractivity contribution in [1.82, 2.24) is 31.5 Å². The zero-order valence-corrected chi connectivity index (χ0v) is 34.2. The lowest BCUT2D eigenvalue weighted by Gasteiger charge is -2.32. The monoisotopic (exact) mass is 831 g/mol. The molecule has 21 heteroatoms. The minimum Gasteiger partial charge on any atom is -0.508 e. The second-order valence-electron chi connectivity index (χ2n) is 15.4. The minimum atomic E-state index is -1.44. The SMILES string of the molecule is CC(C)C[C@@H](NC(=O)[C@@H](CCC(=O)O)NC(=O)[C@@H](C(C)C)N1C[C@H](NC(=O)[C@@H](Cc2ccc(O)cc2)NC(=O)[C@H](N)CCCN=C(N)N)CC1=O)C(=O)N[C@H](C)C(N)=O. The van der Waals surface area contributed by atoms with Gasteiger partial charge in [0.05, 0.1) is 12.1 Å². The van der Waals surface area contributed by atoms with E-state index in [-0.39, 0.29) is 62.8 Å². The number of hydrogen-bond donors (Lipinski definition) is 11. The number of benzene rings is 1. The van der Waals surface area contributed by atoms with Crippen molar-refractivity contribution in [2.45, 2.75) is 122 Å². The van der Waals surface area contributed by atoms with Gasteiger partial charge in [0.2, 0.25) is 41.4 Å². The first-order valence-electron chi connectivity index (χ1n) is 19.5. The molecule has 21 nitrogen and oxygen atoms in total. The van der Waals surface area contributed by atoms with Crippen molar-refractivity contribution in [1.29, 1.82) is 0 Å². The van der Waals surface area contributed by atoms with E-state index in [9.17, 15) is 48.6 Å². The number of nitrogens with zero attached hydrogens (tertiary/aromatic N) is 2. The molecule has 7 amide bonds. The van der Waals surface area contributed by atoms with Crippen LogP contribution in [0.15, 0.2) is 29.3 Å². The van der Waals surface area contributed by atoms with Crippen LogP contribution in [0.4, 0.5) is 0 Å². The highest BCUT2D eigenvalue weighted by Gasteiger charge is 2.41. The average Bonchev–Trinajstić information content (AvgIpc) is 3.49. The van der Waals surface area contributed by atoms with Crippen molar-refractivity contribution in [3.63, 3.8) is 0 Å². The lowest BCUT2D eigenvalue weighted by Crippen LogP contribution is -2.59. The fourth-order valence-corrected chi connectivity index (χ4v) is 6.36. The van der Waals surface area contributed by atoms with Gasteiger partial charge in [-0.2, -0.15) is 0 Å². The normalized spacial score (nSPS) is 16.8. The number of amides is 7. The zero-order chi connectivity index (χ0) is 44.6. The van der Waals surface area contributed by atoms with Gasteiger partial charge in [-0.15, -0.1) is 0 Å². The van der Waals surface area contributed by atoms with Crippen LogP contribution >= 0.6 is 0 Å². The number of phenolic OH excluding ortho intramolecular Hbond substituents is 1. The molecule has 328 valence electrons. The summed E-state index contributed by atoms with van der Waals surface area (Å²) in [5.74, 6) is -6.87. The summed E-state index contributed by atoms with van der Waals surface area (Å²) in [5.41, 5.74) is 22.6. The van der Waals surface area contributed by atoms with Crippen LogP contribution in [0.3, 0.4) is 0 Å². The quantitative estimate of drug-likeness (QED) is 0.0290. The van der Waals surface area contributed by atoms with Crippen LogP contribution in [0.25, 0.3) is 0 Å². The molecule has 0 bridgehead atoms. The third-order valence-electron chi connectivity index (χ3n) is 9.46. The second-order valence-corrected chi connectivity index (χ2v) is 15.4. The van der Waals surface area contributed by atoms with E-state index in [1.807, 2.05) is 0 Å². The number of hydrogen-bond acceptors (Lipinski definition) is 11. The van der Waals surface area contributed by atoms with E-state index in [0.29, 0.717) is 12.0 Å². The van der Waals surface area contributed by atoms with Crippen molar-refractivity contribution in [2.24, 2.45) is 39.8 Å². The van der Waals surface area contributed by atoms with Gasteiger partial charge < -0.3 is 64.6 Å². The molecular weight excluding hydrogens is 770 g/mol. The maximum Gasteiger partial charge on any atom is 0.303 e. The Labute approximate surface area is 343 Å². The maximum atomic E-state index is 13.9. The van der Waals surface area contributed by atoms with E-state index < -0.39 is 102 Å². The van der Waals surface area contributed by atoms with Crippen molar-refractivity contribution in [2.75, 3.05) is 13.1 Å². The van der Waals surface area contributed by atoms with Crippen LogP contribution < -0.4 is 49.5 Å². The molecule has 1 saturated heterocycles. The summed E-state index contributed by atoms with van der Waals surface area (Å²) in [7, 11) is 0. The number of carbonyl (C=O) groups excluding carboxylic acids is 7. The van der Waals surface area contributed by atoms with E-state index in [1.54, 1.807) is 39.8 Å². The summed E-state index contributed by atoms with van der Waals surface area (Å²) >= 11 is 0. The first kappa shape index (κ1) is 49.2. The zero-order valence-electron chi connectivity index (χ0n) is 34.2. The number of primary amides is 1. The Bertz CT molecular complexity index is 1680. The molecule has 1 fully saturated rings. The molecule has 2 rings (SSSR count). The van der Waals surface area contributed by atoms with Gasteiger partial charge in [-0.25, -0.2) is 0 Å². The van der Waals surface area contributed by atoms with Crippen LogP contribution in [0.5, 0.6) is 5.75 Å². The number of aliphatic imine (C=N–C) groups is 1. The molecular formula is C38H61N11O10. The Balaban J connectivity index is 2.26. The first-order chi connectivity index (χ1) is 27.6. The van der Waals surface area contributed by atoms with Crippen LogP contribution in [0, 0.1) is 11.8 Å². The topological polar surface area (TPSA) is 357 Å². The average molecular weight is 832 g/mol. The van der Waals surface area contributed by atoms with Crippen LogP contribution in [-0.4, -0.2) is 124 Å². The van der Waals surface area contributed by atoms with E-state index in [1.165, 1.54) is 24.0 Å². The number of carbonyl (C=O) groups is 8. The number of nitrogens with two attached hydrogens (primary N) is 4. The summed E-state index contributed by atoms with van der Waals surface area (Å²) in [5, 5.41) is 32.2. The van der Waals surface area contributed by atoms with Gasteiger partial charge in [-0.3, -0.25) is 43.3 Å². The number of aliphatic carboxylic acids is 1. The molecule has 0 aromatic heterocycles. The van der Waals surface area contributed by atoms with E-state index >= 15 is 0 Å². The molecule has 59 heavy (non-hydrogen) atoms. The Kier molecular flexibility index (Phi) is 19.5. The summed E-state index contributed by atoms with van der Waals surface area (Å²) in [6.07, 6.45) is -0.333. The summed E-state index contributed by atoms with van der Waals surface area (Å²) in [6, 6.07) is -1.76. The van der Waals surface area contributed by atoms with Crippen LogP contribution in [-0.2, 0) is 44.8 Å². The molecule has 0 saturated carbocycles. The molecule has 1 aromatic carbocycles. The van der Waals surface area contributed by atoms with Crippen LogP contribution in [0.2, 0.25) is 0 Å². The molecule has 1 heterocycles. The van der Waals surface area contributed by atoms with E-state index in [4.69, 9.17) is 22.9 Å². The van der Waals surface area contributed by atoms with Gasteiger partial charge in [0.15, 0.2) is 5.96 Å². The number of nitrogens with one attached hydrogen (secondary N) is 5. The predicted molar refractivity (Wildman–Crippen MR) is 215 cm³/mol. The highest BCUT2D eigenvalue weighted by Crippen LogP contribution is 2.21. The number of rotatable bonds is 24. The molecule has 1 aliphatic rings. The number of phenols is 1. The van der Waals surface area contributed by atoms with E-state index in [2.05, 4.69) is 31.6 Å². The molecule has 15 N–H and O–H groups in total. The number of guanidine groups is 1. The summed E-state index contributed by atoms with van der Waals surface area (Å²) in [6.45, 7) is 8.43. The molecule has 1 aromatic rings. The van der Waals surface area contributed by atoms with Crippen molar-refractivity contribution < 1.29 is 48.6 Å². The van der Waals surface area contributed by atoms with Gasteiger partial charge >= 0.3 is 5.97 Å². The van der Waals surface area contributed by atoms with Crippen molar-refractivity contribution >= 4 is 53.3 Å². The maximum absolute atomic E-state index is 13.9. The second kappa shape index (κ2) is 23.4. The Morgan fingerprint density at radius 1 is 0.814 bits per heavy atom. The highest BCUT2D eigenvalue weighted by molar-refractivity contribution is 5.96. The largest absolute Gasteiger partial charge is 0.508 e. The smallest absolute Gasteiger partial charge is 0.303 e. The lowest BCUT2D eigenvalue weighted by atomic mass is 9.99. The van der Waals surface area contributed by atoms with E-state index in [0.717, 1.165) is 0 Å². The van der Waals surface area contributed by atoms with Gasteiger partial charge in [0.25, 0.3) is 0 Å². The lowest BCUT2D eigenvalue weighted by molar-refractivity contribution is -0.141. The Morgan fingerprint density at radius 2 is 1.41 bits per heavy atom. The third kappa shape index (κ3) is 16.8. The van der Waals surface area contributed by atoms with Gasteiger partial charge in [0, 0.05) is 32.4 Å². The fraction of sp³-hybridized carbons (Fsp3) is 0.605. The predicted octanol–water partition coefficient (Wildman–Crippen LogP) is -2.59. The Morgan fingerprint density at radius 3 is 1.97 bits per heavy atom. The van der Waals surface area contributed by atoms with Gasteiger partial charge in [-0.1, -0.05) is 39.8 Å². The van der Waals surface area contributed by atoms with Crippen molar-refractivity contribution in [3.05, 3.63) is 29.8 Å². The number of aromatic hydroxyl groups is 1. The fourth-order valence-electron chi connectivity index (χ4n) is 6.36. The summed E-state index contributed by atoms with van der Waals surface area (Å²) in [4.78, 5) is 109. The Hall–Kier alpha value is -5.99. The molecule has 0 radical (unpaired) electrons. The third-order valence-corrected chi connectivity index (χ3v) is 9.46. The molecule has 0 aliphatic carbocycles.